The summed E-state index contributed by atoms with van der Waals surface area (Å²) < 4.78 is 0. The molecule has 1 saturated carbocycles. The SMILES string of the molecule is CCNC1CCCC(N(C)CC(C)CC)C1. The number of nitrogens with zero attached hydrogens (tertiary/aromatic N) is 1. The maximum atomic E-state index is 3.61. The molecular formula is C14H30N2. The van der Waals surface area contributed by atoms with Crippen LogP contribution >= 0.6 is 0 Å². The fraction of sp³-hybridized carbons (Fsp3) is 1.00. The van der Waals surface area contributed by atoms with Gasteiger partial charge in [-0.3, -0.25) is 0 Å². The van der Waals surface area contributed by atoms with E-state index in [4.69, 9.17) is 0 Å². The topological polar surface area (TPSA) is 15.3 Å². The summed E-state index contributed by atoms with van der Waals surface area (Å²) in [7, 11) is 2.31. The Morgan fingerprint density at radius 2 is 2.06 bits per heavy atom. The predicted octanol–water partition coefficient (Wildman–Crippen LogP) is 2.89. The highest BCUT2D eigenvalue weighted by Gasteiger charge is 2.24. The first-order chi connectivity index (χ1) is 7.67. The zero-order valence-electron chi connectivity index (χ0n) is 11.6. The van der Waals surface area contributed by atoms with Crippen LogP contribution in [-0.2, 0) is 0 Å². The van der Waals surface area contributed by atoms with Gasteiger partial charge in [0.15, 0.2) is 0 Å². The molecule has 0 aliphatic heterocycles. The molecule has 0 aromatic heterocycles. The summed E-state index contributed by atoms with van der Waals surface area (Å²) in [5.41, 5.74) is 0. The van der Waals surface area contributed by atoms with Crippen LogP contribution in [0.3, 0.4) is 0 Å². The highest BCUT2D eigenvalue weighted by molar-refractivity contribution is 4.83. The largest absolute Gasteiger partial charge is 0.314 e. The summed E-state index contributed by atoms with van der Waals surface area (Å²) in [6, 6.07) is 1.58. The lowest BCUT2D eigenvalue weighted by Crippen LogP contribution is -2.44. The van der Waals surface area contributed by atoms with Crippen molar-refractivity contribution in [3.05, 3.63) is 0 Å². The monoisotopic (exact) mass is 226 g/mol. The second-order valence-electron chi connectivity index (χ2n) is 5.53. The van der Waals surface area contributed by atoms with E-state index in [2.05, 4.69) is 38.0 Å². The van der Waals surface area contributed by atoms with Crippen molar-refractivity contribution in [2.75, 3.05) is 20.1 Å². The molecule has 3 atom stereocenters. The number of hydrogen-bond donors (Lipinski definition) is 1. The second-order valence-corrected chi connectivity index (χ2v) is 5.53. The van der Waals surface area contributed by atoms with E-state index in [0.29, 0.717) is 0 Å². The van der Waals surface area contributed by atoms with E-state index >= 15 is 0 Å². The summed E-state index contributed by atoms with van der Waals surface area (Å²) in [5, 5.41) is 3.61. The summed E-state index contributed by atoms with van der Waals surface area (Å²) in [4.78, 5) is 2.59. The average molecular weight is 226 g/mol. The molecule has 0 radical (unpaired) electrons. The van der Waals surface area contributed by atoms with Crippen LogP contribution in [0.4, 0.5) is 0 Å². The highest BCUT2D eigenvalue weighted by Crippen LogP contribution is 2.23. The molecule has 1 aliphatic rings. The van der Waals surface area contributed by atoms with Crippen molar-refractivity contribution in [2.24, 2.45) is 5.92 Å². The van der Waals surface area contributed by atoms with Gasteiger partial charge in [0.1, 0.15) is 0 Å². The van der Waals surface area contributed by atoms with Crippen LogP contribution in [-0.4, -0.2) is 37.1 Å². The van der Waals surface area contributed by atoms with Crippen molar-refractivity contribution in [1.29, 1.82) is 0 Å². The molecule has 2 nitrogen and oxygen atoms in total. The molecule has 1 rings (SSSR count). The Morgan fingerprint density at radius 3 is 2.69 bits per heavy atom. The lowest BCUT2D eigenvalue weighted by atomic mass is 9.89. The Balaban J connectivity index is 2.34. The van der Waals surface area contributed by atoms with Gasteiger partial charge in [-0.1, -0.05) is 33.6 Å². The summed E-state index contributed by atoms with van der Waals surface area (Å²) >= 11 is 0. The van der Waals surface area contributed by atoms with Crippen LogP contribution in [0, 0.1) is 5.92 Å². The van der Waals surface area contributed by atoms with Gasteiger partial charge in [0, 0.05) is 18.6 Å². The lowest BCUT2D eigenvalue weighted by Gasteiger charge is -2.36. The van der Waals surface area contributed by atoms with Gasteiger partial charge < -0.3 is 10.2 Å². The molecule has 16 heavy (non-hydrogen) atoms. The van der Waals surface area contributed by atoms with Gasteiger partial charge >= 0.3 is 0 Å². The van der Waals surface area contributed by atoms with Gasteiger partial charge in [-0.15, -0.1) is 0 Å². The maximum absolute atomic E-state index is 3.61. The highest BCUT2D eigenvalue weighted by atomic mass is 15.1. The van der Waals surface area contributed by atoms with Crippen molar-refractivity contribution >= 4 is 0 Å². The van der Waals surface area contributed by atoms with E-state index < -0.39 is 0 Å². The van der Waals surface area contributed by atoms with Gasteiger partial charge in [0.25, 0.3) is 0 Å². The average Bonchev–Trinajstić information content (AvgIpc) is 2.29. The van der Waals surface area contributed by atoms with Crippen LogP contribution in [0.1, 0.15) is 52.9 Å². The van der Waals surface area contributed by atoms with Crippen LogP contribution in [0.2, 0.25) is 0 Å². The van der Waals surface area contributed by atoms with E-state index in [9.17, 15) is 0 Å². The molecule has 1 aliphatic carbocycles. The Bertz CT molecular complexity index is 180. The first-order valence-corrected chi connectivity index (χ1v) is 7.10. The Hall–Kier alpha value is -0.0800. The third kappa shape index (κ3) is 4.42. The molecule has 0 spiro atoms. The Morgan fingerprint density at radius 1 is 1.31 bits per heavy atom. The molecule has 3 unspecified atom stereocenters. The van der Waals surface area contributed by atoms with Gasteiger partial charge in [0.2, 0.25) is 0 Å². The van der Waals surface area contributed by atoms with Gasteiger partial charge in [0.05, 0.1) is 0 Å². The Kier molecular flexibility index (Phi) is 6.37. The molecule has 0 aromatic carbocycles. The molecule has 2 heteroatoms. The summed E-state index contributed by atoms with van der Waals surface area (Å²) in [6.45, 7) is 9.25. The normalized spacial score (nSPS) is 28.3. The molecule has 96 valence electrons. The van der Waals surface area contributed by atoms with Crippen LogP contribution in [0.5, 0.6) is 0 Å². The minimum Gasteiger partial charge on any atom is -0.314 e. The summed E-state index contributed by atoms with van der Waals surface area (Å²) in [6.07, 6.45) is 6.82. The van der Waals surface area contributed by atoms with E-state index in [-0.39, 0.29) is 0 Å². The number of nitrogens with one attached hydrogen (secondary N) is 1. The molecule has 0 saturated heterocycles. The molecule has 0 amide bonds. The van der Waals surface area contributed by atoms with Gasteiger partial charge in [-0.05, 0) is 38.8 Å². The van der Waals surface area contributed by atoms with Gasteiger partial charge in [-0.2, -0.15) is 0 Å². The van der Waals surface area contributed by atoms with E-state index in [1.54, 1.807) is 0 Å². The standard InChI is InChI=1S/C14H30N2/c1-5-12(3)11-16(4)14-9-7-8-13(10-14)15-6-2/h12-15H,5-11H2,1-4H3. The Labute approximate surface area is 102 Å². The van der Waals surface area contributed by atoms with Crippen molar-refractivity contribution in [3.63, 3.8) is 0 Å². The minimum atomic E-state index is 0.767. The fourth-order valence-corrected chi connectivity index (χ4v) is 2.81. The quantitative estimate of drug-likeness (QED) is 0.749. The van der Waals surface area contributed by atoms with Crippen molar-refractivity contribution in [1.82, 2.24) is 10.2 Å². The fourth-order valence-electron chi connectivity index (χ4n) is 2.81. The van der Waals surface area contributed by atoms with Gasteiger partial charge in [-0.25, -0.2) is 0 Å². The van der Waals surface area contributed by atoms with E-state index in [1.165, 1.54) is 38.6 Å². The van der Waals surface area contributed by atoms with Crippen LogP contribution in [0.15, 0.2) is 0 Å². The van der Waals surface area contributed by atoms with Crippen LogP contribution < -0.4 is 5.32 Å². The third-order valence-electron chi connectivity index (χ3n) is 4.06. The molecule has 1 fully saturated rings. The number of rotatable bonds is 6. The third-order valence-corrected chi connectivity index (χ3v) is 4.06. The molecule has 0 aromatic rings. The lowest BCUT2D eigenvalue weighted by molar-refractivity contribution is 0.151. The zero-order valence-corrected chi connectivity index (χ0v) is 11.6. The minimum absolute atomic E-state index is 0.767. The second kappa shape index (κ2) is 7.29. The maximum Gasteiger partial charge on any atom is 0.0107 e. The smallest absolute Gasteiger partial charge is 0.0107 e. The molecule has 1 N–H and O–H groups in total. The van der Waals surface area contributed by atoms with Crippen molar-refractivity contribution in [3.8, 4) is 0 Å². The zero-order chi connectivity index (χ0) is 12.0. The van der Waals surface area contributed by atoms with Crippen molar-refractivity contribution < 1.29 is 0 Å². The molecule has 0 heterocycles. The van der Waals surface area contributed by atoms with E-state index in [1.807, 2.05) is 0 Å². The molecular weight excluding hydrogens is 196 g/mol. The molecule has 0 bridgehead atoms. The summed E-state index contributed by atoms with van der Waals surface area (Å²) in [5.74, 6) is 0.838. The first kappa shape index (κ1) is 14.0. The first-order valence-electron chi connectivity index (χ1n) is 7.10. The van der Waals surface area contributed by atoms with E-state index in [0.717, 1.165) is 24.5 Å². The van der Waals surface area contributed by atoms with Crippen LogP contribution in [0.25, 0.3) is 0 Å². The number of hydrogen-bond acceptors (Lipinski definition) is 2. The van der Waals surface area contributed by atoms with Crippen molar-refractivity contribution in [2.45, 2.75) is 65.0 Å². The predicted molar refractivity (Wildman–Crippen MR) is 71.8 cm³/mol.